The molecule has 0 radical (unpaired) electrons. The molecule has 0 fully saturated rings. The largest absolute Gasteiger partial charge is 0.463 e. The van der Waals surface area contributed by atoms with Gasteiger partial charge in [-0.1, -0.05) is 79.6 Å². The minimum absolute atomic E-state index is 0.278. The maximum Gasteiger partial charge on any atom is 0.330 e. The van der Waals surface area contributed by atoms with Gasteiger partial charge in [0.05, 0.1) is 6.61 Å². The van der Waals surface area contributed by atoms with Crippen molar-refractivity contribution in [3.05, 3.63) is 82.9 Å². The average molecular weight is 334 g/mol. The zero-order valence-corrected chi connectivity index (χ0v) is 15.1. The Morgan fingerprint density at radius 2 is 1.76 bits per heavy atom. The average Bonchev–Trinajstić information content (AvgIpc) is 2.62. The summed E-state index contributed by atoms with van der Waals surface area (Å²) in [6.45, 7) is 4.69. The lowest BCUT2D eigenvalue weighted by atomic mass is 9.99. The minimum atomic E-state index is -0.278. The molecular weight excluding hydrogens is 308 g/mol. The third kappa shape index (κ3) is 6.80. The fourth-order valence-electron chi connectivity index (χ4n) is 2.57. The summed E-state index contributed by atoms with van der Waals surface area (Å²) < 4.78 is 5.17. The molecule has 0 aromatic heterocycles. The lowest BCUT2D eigenvalue weighted by Gasteiger charge is -2.07. The van der Waals surface area contributed by atoms with Crippen LogP contribution in [0.2, 0.25) is 0 Å². The fraction of sp³-hybridized carbons (Fsp3) is 0.261. The van der Waals surface area contributed by atoms with Crippen LogP contribution in [-0.4, -0.2) is 12.6 Å². The summed E-state index contributed by atoms with van der Waals surface area (Å²) in [7, 11) is 0. The van der Waals surface area contributed by atoms with Crippen molar-refractivity contribution in [3.63, 3.8) is 0 Å². The number of hydrogen-bond donors (Lipinski definition) is 0. The molecule has 0 aliphatic carbocycles. The van der Waals surface area contributed by atoms with Gasteiger partial charge in [0.2, 0.25) is 0 Å². The van der Waals surface area contributed by atoms with Crippen LogP contribution in [0, 0.1) is 0 Å². The molecule has 0 unspecified atom stereocenters. The molecule has 0 aliphatic rings. The first-order chi connectivity index (χ1) is 12.2. The zero-order chi connectivity index (χ0) is 17.9. The molecule has 2 aromatic carbocycles. The van der Waals surface area contributed by atoms with E-state index in [9.17, 15) is 4.79 Å². The van der Waals surface area contributed by atoms with Crippen LogP contribution in [0.5, 0.6) is 0 Å². The van der Waals surface area contributed by atoms with Gasteiger partial charge in [0.1, 0.15) is 0 Å². The maximum atomic E-state index is 11.7. The van der Waals surface area contributed by atoms with Gasteiger partial charge in [-0.15, -0.1) is 0 Å². The van der Waals surface area contributed by atoms with E-state index in [4.69, 9.17) is 4.74 Å². The minimum Gasteiger partial charge on any atom is -0.463 e. The number of ether oxygens (including phenoxy) is 1. The Bertz CT molecular complexity index is 727. The Kier molecular flexibility index (Phi) is 7.71. The smallest absolute Gasteiger partial charge is 0.330 e. The second kappa shape index (κ2) is 10.3. The van der Waals surface area contributed by atoms with Gasteiger partial charge in [-0.05, 0) is 42.5 Å². The molecule has 2 rings (SSSR count). The van der Waals surface area contributed by atoms with Gasteiger partial charge in [0, 0.05) is 6.08 Å². The summed E-state index contributed by atoms with van der Waals surface area (Å²) in [4.78, 5) is 11.7. The Hall–Kier alpha value is -2.61. The molecule has 0 spiro atoms. The summed E-state index contributed by atoms with van der Waals surface area (Å²) in [6.07, 6.45) is 8.33. The molecule has 130 valence electrons. The van der Waals surface area contributed by atoms with Crippen LogP contribution in [0.1, 0.15) is 43.4 Å². The van der Waals surface area contributed by atoms with E-state index in [2.05, 4.69) is 38.1 Å². The number of carbonyl (C=O) groups excluding carboxylic acids is 1. The normalized spacial score (nSPS) is 11.7. The van der Waals surface area contributed by atoms with Gasteiger partial charge >= 0.3 is 5.97 Å². The molecular formula is C23H26O2. The van der Waals surface area contributed by atoms with Gasteiger partial charge < -0.3 is 4.74 Å². The Balaban J connectivity index is 2.05. The third-order valence-corrected chi connectivity index (χ3v) is 3.88. The van der Waals surface area contributed by atoms with Crippen molar-refractivity contribution >= 4 is 18.1 Å². The van der Waals surface area contributed by atoms with Crippen LogP contribution < -0.4 is 0 Å². The summed E-state index contributed by atoms with van der Waals surface area (Å²) in [5.74, 6) is -0.278. The lowest BCUT2D eigenvalue weighted by molar-refractivity contribution is -0.137. The molecule has 0 heterocycles. The maximum absolute atomic E-state index is 11.7. The highest BCUT2D eigenvalue weighted by Gasteiger charge is 2.02. The van der Waals surface area contributed by atoms with E-state index in [1.807, 2.05) is 42.5 Å². The van der Waals surface area contributed by atoms with E-state index in [0.717, 1.165) is 24.8 Å². The van der Waals surface area contributed by atoms with Gasteiger partial charge in [0.25, 0.3) is 0 Å². The van der Waals surface area contributed by atoms with Crippen LogP contribution in [0.25, 0.3) is 12.2 Å². The van der Waals surface area contributed by atoms with Crippen LogP contribution in [0.3, 0.4) is 0 Å². The van der Waals surface area contributed by atoms with Gasteiger partial charge in [-0.2, -0.15) is 0 Å². The molecule has 0 N–H and O–H groups in total. The number of hydrogen-bond acceptors (Lipinski definition) is 2. The Morgan fingerprint density at radius 3 is 2.52 bits per heavy atom. The van der Waals surface area contributed by atoms with Crippen LogP contribution in [0.4, 0.5) is 0 Å². The van der Waals surface area contributed by atoms with Crippen molar-refractivity contribution in [2.45, 2.75) is 33.1 Å². The Labute approximate surface area is 150 Å². The van der Waals surface area contributed by atoms with Crippen molar-refractivity contribution in [2.24, 2.45) is 0 Å². The van der Waals surface area contributed by atoms with Crippen molar-refractivity contribution in [1.29, 1.82) is 0 Å². The first kappa shape index (κ1) is 18.7. The third-order valence-electron chi connectivity index (χ3n) is 3.88. The predicted octanol–water partition coefficient (Wildman–Crippen LogP) is 5.69. The van der Waals surface area contributed by atoms with Crippen LogP contribution >= 0.6 is 0 Å². The monoisotopic (exact) mass is 334 g/mol. The number of allylic oxidation sites excluding steroid dienone is 1. The molecule has 2 nitrogen and oxygen atoms in total. The lowest BCUT2D eigenvalue weighted by Crippen LogP contribution is -2.01. The van der Waals surface area contributed by atoms with E-state index < -0.39 is 0 Å². The molecule has 0 aliphatic heterocycles. The summed E-state index contributed by atoms with van der Waals surface area (Å²) in [5.41, 5.74) is 4.73. The fourth-order valence-corrected chi connectivity index (χ4v) is 2.57. The quantitative estimate of drug-likeness (QED) is 0.352. The molecule has 2 aromatic rings. The molecule has 25 heavy (non-hydrogen) atoms. The van der Waals surface area contributed by atoms with Crippen molar-refractivity contribution in [3.8, 4) is 0 Å². The van der Waals surface area contributed by atoms with Gasteiger partial charge in [0.15, 0.2) is 0 Å². The predicted molar refractivity (Wildman–Crippen MR) is 105 cm³/mol. The molecule has 0 bridgehead atoms. The summed E-state index contributed by atoms with van der Waals surface area (Å²) >= 11 is 0. The highest BCUT2D eigenvalue weighted by Crippen LogP contribution is 2.17. The SMILES string of the molecule is CCCCOC(=O)/C=C/c1ccccc1C/C(C)=C/c1ccccc1. The van der Waals surface area contributed by atoms with E-state index in [0.29, 0.717) is 6.61 Å². The van der Waals surface area contributed by atoms with E-state index in [1.54, 1.807) is 0 Å². The number of benzene rings is 2. The molecule has 0 atom stereocenters. The number of carbonyl (C=O) groups is 1. The van der Waals surface area contributed by atoms with Crippen molar-refractivity contribution in [1.82, 2.24) is 0 Å². The van der Waals surface area contributed by atoms with Gasteiger partial charge in [-0.3, -0.25) is 0 Å². The van der Waals surface area contributed by atoms with Crippen LogP contribution in [-0.2, 0) is 16.0 Å². The molecule has 0 saturated carbocycles. The molecule has 2 heteroatoms. The number of rotatable bonds is 8. The van der Waals surface area contributed by atoms with Crippen molar-refractivity contribution < 1.29 is 9.53 Å². The second-order valence-corrected chi connectivity index (χ2v) is 6.13. The second-order valence-electron chi connectivity index (χ2n) is 6.13. The zero-order valence-electron chi connectivity index (χ0n) is 15.1. The molecule has 0 saturated heterocycles. The molecule has 0 amide bonds. The topological polar surface area (TPSA) is 26.3 Å². The van der Waals surface area contributed by atoms with Crippen molar-refractivity contribution in [2.75, 3.05) is 6.61 Å². The van der Waals surface area contributed by atoms with E-state index in [-0.39, 0.29) is 5.97 Å². The number of esters is 1. The Morgan fingerprint density at radius 1 is 1.04 bits per heavy atom. The standard InChI is InChI=1S/C23H26O2/c1-3-4-16-25-23(24)15-14-21-12-8-9-13-22(21)18-19(2)17-20-10-6-5-7-11-20/h5-15,17H,3-4,16,18H2,1-2H3/b15-14+,19-17+. The highest BCUT2D eigenvalue weighted by atomic mass is 16.5. The number of unbranched alkanes of at least 4 members (excludes halogenated alkanes) is 1. The van der Waals surface area contributed by atoms with E-state index >= 15 is 0 Å². The van der Waals surface area contributed by atoms with Crippen LogP contribution in [0.15, 0.2) is 66.2 Å². The van der Waals surface area contributed by atoms with Gasteiger partial charge in [-0.25, -0.2) is 4.79 Å². The summed E-state index contributed by atoms with van der Waals surface area (Å²) in [6, 6.07) is 18.4. The summed E-state index contributed by atoms with van der Waals surface area (Å²) in [5, 5.41) is 0. The van der Waals surface area contributed by atoms with E-state index in [1.165, 1.54) is 22.8 Å². The first-order valence-electron chi connectivity index (χ1n) is 8.84. The first-order valence-corrected chi connectivity index (χ1v) is 8.84. The highest BCUT2D eigenvalue weighted by molar-refractivity contribution is 5.87.